The number of aliphatic hydroxyl groups is 2. The van der Waals surface area contributed by atoms with E-state index in [1.807, 2.05) is 0 Å². The number of hydrogen-bond acceptors (Lipinski definition) is 5. The van der Waals surface area contributed by atoms with Gasteiger partial charge in [-0.05, 0) is 25.9 Å². The SMILES string of the molecule is NCCC(O)COCC(O)CCN. The maximum absolute atomic E-state index is 9.18. The zero-order valence-corrected chi connectivity index (χ0v) is 7.85. The van der Waals surface area contributed by atoms with Gasteiger partial charge in [-0.2, -0.15) is 0 Å². The van der Waals surface area contributed by atoms with Crippen LogP contribution in [0.15, 0.2) is 0 Å². The molecule has 0 saturated heterocycles. The van der Waals surface area contributed by atoms with Crippen molar-refractivity contribution in [2.45, 2.75) is 25.0 Å². The van der Waals surface area contributed by atoms with E-state index in [1.165, 1.54) is 0 Å². The summed E-state index contributed by atoms with van der Waals surface area (Å²) < 4.78 is 5.05. The van der Waals surface area contributed by atoms with Crippen LogP contribution in [0.4, 0.5) is 0 Å². The first kappa shape index (κ1) is 12.8. The van der Waals surface area contributed by atoms with E-state index in [1.54, 1.807) is 0 Å². The van der Waals surface area contributed by atoms with Crippen LogP contribution < -0.4 is 11.5 Å². The Bertz CT molecular complexity index is 102. The third-order valence-corrected chi connectivity index (χ3v) is 1.62. The average molecular weight is 192 g/mol. The van der Waals surface area contributed by atoms with Crippen molar-refractivity contribution in [1.82, 2.24) is 0 Å². The van der Waals surface area contributed by atoms with Crippen molar-refractivity contribution in [3.05, 3.63) is 0 Å². The average Bonchev–Trinajstić information content (AvgIpc) is 2.05. The van der Waals surface area contributed by atoms with Gasteiger partial charge in [-0.25, -0.2) is 0 Å². The van der Waals surface area contributed by atoms with Gasteiger partial charge in [0, 0.05) is 0 Å². The molecule has 2 atom stereocenters. The van der Waals surface area contributed by atoms with Gasteiger partial charge in [-0.3, -0.25) is 0 Å². The van der Waals surface area contributed by atoms with Crippen LogP contribution >= 0.6 is 0 Å². The number of nitrogens with two attached hydrogens (primary N) is 2. The third-order valence-electron chi connectivity index (χ3n) is 1.62. The molecular weight excluding hydrogens is 172 g/mol. The van der Waals surface area contributed by atoms with Gasteiger partial charge in [0.2, 0.25) is 0 Å². The standard InChI is InChI=1S/C8H20N2O3/c9-3-1-7(11)5-13-6-8(12)2-4-10/h7-8,11-12H,1-6,9-10H2. The lowest BCUT2D eigenvalue weighted by Gasteiger charge is -2.12. The van der Waals surface area contributed by atoms with Crippen molar-refractivity contribution >= 4 is 0 Å². The Labute approximate surface area is 78.7 Å². The molecule has 0 aliphatic carbocycles. The second-order valence-corrected chi connectivity index (χ2v) is 3.00. The summed E-state index contributed by atoms with van der Waals surface area (Å²) >= 11 is 0. The molecule has 80 valence electrons. The van der Waals surface area contributed by atoms with Crippen LogP contribution in [0, 0.1) is 0 Å². The Morgan fingerprint density at radius 2 is 1.31 bits per heavy atom. The van der Waals surface area contributed by atoms with Crippen LogP contribution in [-0.4, -0.2) is 48.7 Å². The zero-order chi connectivity index (χ0) is 10.1. The van der Waals surface area contributed by atoms with Gasteiger partial charge in [-0.1, -0.05) is 0 Å². The van der Waals surface area contributed by atoms with Crippen molar-refractivity contribution in [2.24, 2.45) is 11.5 Å². The summed E-state index contributed by atoms with van der Waals surface area (Å²) in [6.45, 7) is 1.32. The summed E-state index contributed by atoms with van der Waals surface area (Å²) in [5.74, 6) is 0. The maximum atomic E-state index is 9.18. The van der Waals surface area contributed by atoms with Crippen molar-refractivity contribution in [2.75, 3.05) is 26.3 Å². The Kier molecular flexibility index (Phi) is 8.27. The van der Waals surface area contributed by atoms with Gasteiger partial charge in [0.05, 0.1) is 25.4 Å². The molecule has 5 nitrogen and oxygen atoms in total. The second-order valence-electron chi connectivity index (χ2n) is 3.00. The summed E-state index contributed by atoms with van der Waals surface area (Å²) in [4.78, 5) is 0. The fourth-order valence-electron chi connectivity index (χ4n) is 0.892. The molecule has 5 heteroatoms. The van der Waals surface area contributed by atoms with E-state index in [9.17, 15) is 10.2 Å². The topological polar surface area (TPSA) is 102 Å². The Morgan fingerprint density at radius 1 is 0.923 bits per heavy atom. The molecule has 0 aromatic rings. The molecule has 0 saturated carbocycles. The minimum absolute atomic E-state index is 0.221. The molecule has 0 aliphatic rings. The maximum Gasteiger partial charge on any atom is 0.0785 e. The number of hydrogen-bond donors (Lipinski definition) is 4. The van der Waals surface area contributed by atoms with Crippen molar-refractivity contribution in [3.8, 4) is 0 Å². The molecule has 0 amide bonds. The lowest BCUT2D eigenvalue weighted by Crippen LogP contribution is -2.24. The highest BCUT2D eigenvalue weighted by Crippen LogP contribution is 1.94. The minimum atomic E-state index is -0.532. The van der Waals surface area contributed by atoms with Gasteiger partial charge < -0.3 is 26.4 Å². The van der Waals surface area contributed by atoms with E-state index in [0.29, 0.717) is 25.9 Å². The summed E-state index contributed by atoms with van der Waals surface area (Å²) in [7, 11) is 0. The molecule has 0 bridgehead atoms. The highest BCUT2D eigenvalue weighted by Gasteiger charge is 2.06. The van der Waals surface area contributed by atoms with Gasteiger partial charge >= 0.3 is 0 Å². The molecule has 0 spiro atoms. The normalized spacial score (nSPS) is 15.7. The molecule has 0 fully saturated rings. The number of rotatable bonds is 8. The van der Waals surface area contributed by atoms with Crippen LogP contribution in [-0.2, 0) is 4.74 Å². The van der Waals surface area contributed by atoms with Gasteiger partial charge in [0.1, 0.15) is 0 Å². The van der Waals surface area contributed by atoms with Crippen LogP contribution in [0.1, 0.15) is 12.8 Å². The predicted molar refractivity (Wildman–Crippen MR) is 50.2 cm³/mol. The largest absolute Gasteiger partial charge is 0.391 e. The zero-order valence-electron chi connectivity index (χ0n) is 7.85. The third kappa shape index (κ3) is 8.14. The van der Waals surface area contributed by atoms with Crippen molar-refractivity contribution in [1.29, 1.82) is 0 Å². The highest BCUT2D eigenvalue weighted by molar-refractivity contribution is 4.57. The van der Waals surface area contributed by atoms with Gasteiger partial charge in [-0.15, -0.1) is 0 Å². The summed E-state index contributed by atoms with van der Waals surface area (Å²) in [5.41, 5.74) is 10.5. The first-order valence-corrected chi connectivity index (χ1v) is 4.54. The summed E-state index contributed by atoms with van der Waals surface area (Å²) in [5, 5.41) is 18.4. The second kappa shape index (κ2) is 8.40. The smallest absolute Gasteiger partial charge is 0.0785 e. The molecule has 0 heterocycles. The highest BCUT2D eigenvalue weighted by atomic mass is 16.5. The molecule has 0 aliphatic heterocycles. The van der Waals surface area contributed by atoms with E-state index in [0.717, 1.165) is 0 Å². The molecule has 0 rings (SSSR count). The Morgan fingerprint density at radius 3 is 1.62 bits per heavy atom. The van der Waals surface area contributed by atoms with Crippen molar-refractivity contribution in [3.63, 3.8) is 0 Å². The van der Waals surface area contributed by atoms with E-state index >= 15 is 0 Å². The van der Waals surface area contributed by atoms with E-state index in [4.69, 9.17) is 16.2 Å². The van der Waals surface area contributed by atoms with E-state index in [2.05, 4.69) is 0 Å². The quantitative estimate of drug-likeness (QED) is 0.372. The van der Waals surface area contributed by atoms with Gasteiger partial charge in [0.25, 0.3) is 0 Å². The molecule has 2 unspecified atom stereocenters. The number of ether oxygens (including phenoxy) is 1. The lowest BCUT2D eigenvalue weighted by atomic mass is 10.2. The molecular formula is C8H20N2O3. The first-order chi connectivity index (χ1) is 6.20. The number of aliphatic hydroxyl groups excluding tert-OH is 2. The molecule has 0 aromatic carbocycles. The Hall–Kier alpha value is -0.200. The van der Waals surface area contributed by atoms with E-state index in [-0.39, 0.29) is 13.2 Å². The van der Waals surface area contributed by atoms with Crippen LogP contribution in [0.25, 0.3) is 0 Å². The first-order valence-electron chi connectivity index (χ1n) is 4.54. The predicted octanol–water partition coefficient (Wildman–Crippen LogP) is -1.58. The van der Waals surface area contributed by atoms with E-state index < -0.39 is 12.2 Å². The minimum Gasteiger partial charge on any atom is -0.391 e. The molecule has 0 aromatic heterocycles. The Balaban J connectivity index is 3.23. The van der Waals surface area contributed by atoms with Crippen LogP contribution in [0.2, 0.25) is 0 Å². The fraction of sp³-hybridized carbons (Fsp3) is 1.00. The molecule has 13 heavy (non-hydrogen) atoms. The summed E-state index contributed by atoms with van der Waals surface area (Å²) in [6, 6.07) is 0. The van der Waals surface area contributed by atoms with Crippen LogP contribution in [0.5, 0.6) is 0 Å². The molecule has 6 N–H and O–H groups in total. The monoisotopic (exact) mass is 192 g/mol. The summed E-state index contributed by atoms with van der Waals surface area (Å²) in [6.07, 6.45) is -0.0230. The fourth-order valence-corrected chi connectivity index (χ4v) is 0.892. The lowest BCUT2D eigenvalue weighted by molar-refractivity contribution is -0.0102. The van der Waals surface area contributed by atoms with Crippen molar-refractivity contribution < 1.29 is 14.9 Å². The van der Waals surface area contributed by atoms with Gasteiger partial charge in [0.15, 0.2) is 0 Å². The molecule has 0 radical (unpaired) electrons. The van der Waals surface area contributed by atoms with Crippen LogP contribution in [0.3, 0.4) is 0 Å².